The van der Waals surface area contributed by atoms with Crippen LogP contribution in [0.25, 0.3) is 0 Å². The second kappa shape index (κ2) is 4.85. The van der Waals surface area contributed by atoms with Crippen molar-refractivity contribution in [2.45, 2.75) is 53.3 Å². The van der Waals surface area contributed by atoms with Crippen LogP contribution in [0.2, 0.25) is 11.8 Å². The summed E-state index contributed by atoms with van der Waals surface area (Å²) in [6.45, 7) is 14.2. The van der Waals surface area contributed by atoms with Gasteiger partial charge in [-0.25, -0.2) is 0 Å². The van der Waals surface area contributed by atoms with Crippen molar-refractivity contribution >= 4 is 18.7 Å². The number of rotatable bonds is 4. The van der Waals surface area contributed by atoms with Crippen LogP contribution in [0.1, 0.15) is 41.5 Å². The first-order valence-electron chi connectivity index (χ1n) is 5.79. The van der Waals surface area contributed by atoms with Crippen LogP contribution in [0.4, 0.5) is 0 Å². The minimum absolute atomic E-state index is 0.751. The average Bonchev–Trinajstić information content (AvgIpc) is 2.55. The molecule has 15 heavy (non-hydrogen) atoms. The molecule has 0 N–H and O–H groups in total. The monoisotopic (exact) mass is 317 g/mol. The second-order valence-electron chi connectivity index (χ2n) is 5.19. The van der Waals surface area contributed by atoms with Gasteiger partial charge in [-0.15, -0.1) is 0 Å². The van der Waals surface area contributed by atoms with Gasteiger partial charge >= 0.3 is 97.6 Å². The zero-order valence-corrected chi connectivity index (χ0v) is 13.6. The summed E-state index contributed by atoms with van der Waals surface area (Å²) in [5, 5.41) is 4.45. The van der Waals surface area contributed by atoms with Gasteiger partial charge in [0.25, 0.3) is 0 Å². The summed E-state index contributed by atoms with van der Waals surface area (Å²) in [7, 11) is 0. The Morgan fingerprint density at radius 1 is 0.933 bits per heavy atom. The summed E-state index contributed by atoms with van der Waals surface area (Å²) in [6, 6.07) is 0. The molecule has 0 aliphatic carbocycles. The van der Waals surface area contributed by atoms with Gasteiger partial charge in [0.1, 0.15) is 0 Å². The van der Waals surface area contributed by atoms with E-state index in [1.165, 1.54) is 0 Å². The normalized spacial score (nSPS) is 13.1. The molecular formula is C11H23N3Sn. The van der Waals surface area contributed by atoms with Crippen LogP contribution >= 0.6 is 0 Å². The molecular weight excluding hydrogens is 293 g/mol. The molecule has 0 spiro atoms. The SMILES string of the molecule is C[CH](C)[Sn]([CH](C)C)([CH](C)C)[n]1cncn1. The molecule has 1 rings (SSSR count). The van der Waals surface area contributed by atoms with Crippen LogP contribution in [-0.4, -0.2) is 31.6 Å². The Balaban J connectivity index is 3.27. The third kappa shape index (κ3) is 2.08. The first-order chi connectivity index (χ1) is 6.94. The van der Waals surface area contributed by atoms with Gasteiger partial charge < -0.3 is 0 Å². The summed E-state index contributed by atoms with van der Waals surface area (Å²) in [6.07, 6.45) is 3.62. The number of aromatic nitrogens is 3. The van der Waals surface area contributed by atoms with Crippen LogP contribution in [-0.2, 0) is 0 Å². The third-order valence-corrected chi connectivity index (χ3v) is 22.4. The Bertz CT molecular complexity index is 269. The van der Waals surface area contributed by atoms with Gasteiger partial charge in [0.15, 0.2) is 0 Å². The molecule has 0 atom stereocenters. The van der Waals surface area contributed by atoms with E-state index >= 15 is 0 Å². The summed E-state index contributed by atoms with van der Waals surface area (Å²) in [5.74, 6) is 0. The van der Waals surface area contributed by atoms with Gasteiger partial charge in [0.2, 0.25) is 0 Å². The number of hydrogen-bond acceptors (Lipinski definition) is 2. The topological polar surface area (TPSA) is 30.7 Å². The van der Waals surface area contributed by atoms with Crippen LogP contribution < -0.4 is 0 Å². The van der Waals surface area contributed by atoms with Crippen LogP contribution in [0.15, 0.2) is 12.7 Å². The average molecular weight is 316 g/mol. The molecule has 0 amide bonds. The number of hydrogen-bond donors (Lipinski definition) is 0. The minimum atomic E-state index is -2.47. The van der Waals surface area contributed by atoms with Gasteiger partial charge in [0, 0.05) is 0 Å². The Kier molecular flexibility index (Phi) is 4.20. The van der Waals surface area contributed by atoms with Gasteiger partial charge in [-0.05, 0) is 0 Å². The standard InChI is InChI=1S/3C3H7.C2H2N3.Sn/c3*1-3-2;1-3-2-5-4-1;/h3*3H,1-2H3;1-2H;/q;;;-1;+1. The van der Waals surface area contributed by atoms with Crippen LogP contribution in [0, 0.1) is 0 Å². The maximum atomic E-state index is 4.45. The Morgan fingerprint density at radius 3 is 1.67 bits per heavy atom. The Morgan fingerprint density at radius 2 is 1.40 bits per heavy atom. The third-order valence-electron chi connectivity index (χ3n) is 3.59. The molecule has 0 radical (unpaired) electrons. The van der Waals surface area contributed by atoms with E-state index in [9.17, 15) is 0 Å². The predicted molar refractivity (Wildman–Crippen MR) is 66.5 cm³/mol. The van der Waals surface area contributed by atoms with Gasteiger partial charge in [-0.3, -0.25) is 0 Å². The van der Waals surface area contributed by atoms with Crippen molar-refractivity contribution in [2.24, 2.45) is 0 Å². The molecule has 0 bridgehead atoms. The molecule has 0 saturated carbocycles. The summed E-state index contributed by atoms with van der Waals surface area (Å²) in [5.41, 5.74) is 0. The summed E-state index contributed by atoms with van der Waals surface area (Å²) >= 11 is -2.47. The van der Waals surface area contributed by atoms with Gasteiger partial charge in [0.05, 0.1) is 0 Å². The second-order valence-corrected chi connectivity index (χ2v) is 21.5. The summed E-state index contributed by atoms with van der Waals surface area (Å²) in [4.78, 5) is 4.14. The van der Waals surface area contributed by atoms with E-state index in [0.29, 0.717) is 0 Å². The van der Waals surface area contributed by atoms with E-state index in [2.05, 4.69) is 54.5 Å². The van der Waals surface area contributed by atoms with E-state index in [1.807, 2.05) is 6.33 Å². The zero-order chi connectivity index (χ0) is 11.6. The van der Waals surface area contributed by atoms with Gasteiger partial charge in [-0.1, -0.05) is 0 Å². The molecule has 0 aromatic carbocycles. The van der Waals surface area contributed by atoms with Gasteiger partial charge in [-0.2, -0.15) is 0 Å². The molecule has 4 heteroatoms. The molecule has 86 valence electrons. The Labute approximate surface area is 97.5 Å². The van der Waals surface area contributed by atoms with Crippen molar-refractivity contribution in [3.05, 3.63) is 12.7 Å². The van der Waals surface area contributed by atoms with E-state index < -0.39 is 18.7 Å². The fourth-order valence-electron chi connectivity index (χ4n) is 3.20. The maximum absolute atomic E-state index is 4.45. The van der Waals surface area contributed by atoms with Crippen molar-refractivity contribution in [1.82, 2.24) is 13.0 Å². The van der Waals surface area contributed by atoms with Crippen molar-refractivity contribution in [1.29, 1.82) is 0 Å². The molecule has 1 aromatic heterocycles. The van der Waals surface area contributed by atoms with Crippen molar-refractivity contribution < 1.29 is 0 Å². The van der Waals surface area contributed by atoms with Crippen molar-refractivity contribution in [2.75, 3.05) is 0 Å². The molecule has 0 aliphatic heterocycles. The fourth-order valence-corrected chi connectivity index (χ4v) is 20.6. The molecule has 3 nitrogen and oxygen atoms in total. The molecule has 1 heterocycles. The molecule has 1 aromatic rings. The predicted octanol–water partition coefficient (Wildman–Crippen LogP) is 3.30. The first kappa shape index (κ1) is 13.0. The fraction of sp³-hybridized carbons (Fsp3) is 0.818. The van der Waals surface area contributed by atoms with E-state index in [4.69, 9.17) is 0 Å². The molecule has 0 unspecified atom stereocenters. The van der Waals surface area contributed by atoms with Crippen molar-refractivity contribution in [3.63, 3.8) is 0 Å². The summed E-state index contributed by atoms with van der Waals surface area (Å²) < 4.78 is 4.51. The van der Waals surface area contributed by atoms with E-state index in [-0.39, 0.29) is 0 Å². The first-order valence-corrected chi connectivity index (χ1v) is 12.0. The molecule has 0 aliphatic rings. The van der Waals surface area contributed by atoms with E-state index in [1.54, 1.807) is 6.33 Å². The number of nitrogens with zero attached hydrogens (tertiary/aromatic N) is 3. The molecule has 0 fully saturated rings. The zero-order valence-electron chi connectivity index (χ0n) is 10.7. The van der Waals surface area contributed by atoms with Crippen molar-refractivity contribution in [3.8, 4) is 0 Å². The van der Waals surface area contributed by atoms with Crippen LogP contribution in [0.3, 0.4) is 0 Å². The quantitative estimate of drug-likeness (QED) is 0.798. The molecule has 0 saturated heterocycles. The Hall–Kier alpha value is -0.0613. The van der Waals surface area contributed by atoms with Crippen LogP contribution in [0.5, 0.6) is 0 Å². The van der Waals surface area contributed by atoms with E-state index in [0.717, 1.165) is 11.8 Å².